The highest BCUT2D eigenvalue weighted by Gasteiger charge is 2.30. The molecule has 3 heterocycles. The van der Waals surface area contributed by atoms with E-state index in [2.05, 4.69) is 15.3 Å². The summed E-state index contributed by atoms with van der Waals surface area (Å²) in [7, 11) is 0. The van der Waals surface area contributed by atoms with Crippen molar-refractivity contribution >= 4 is 64.8 Å². The van der Waals surface area contributed by atoms with Crippen LogP contribution in [-0.2, 0) is 6.18 Å². The molecule has 4 aromatic rings. The number of thioether (sulfide) groups is 1. The van der Waals surface area contributed by atoms with Crippen molar-refractivity contribution in [2.24, 2.45) is 0 Å². The zero-order valence-electron chi connectivity index (χ0n) is 20.0. The molecule has 0 aliphatic carbocycles. The standard InChI is InChI=1S/C27H23F3N4OS.2ClH/c28-27(29,30)19-3-6-23-24(9-14-32-25(23)17-19)33-20-4-1-18(2-5-20)26(35)34-15-10-22(11-16-34)36-21-7-12-31-13-8-21;;/h1-9,12-14,17,22H,10-11,15-16H2,(H,32,33);2*1H. The number of anilines is 2. The van der Waals surface area contributed by atoms with E-state index in [0.29, 0.717) is 35.0 Å². The number of pyridine rings is 2. The van der Waals surface area contributed by atoms with Gasteiger partial charge in [-0.2, -0.15) is 13.2 Å². The summed E-state index contributed by atoms with van der Waals surface area (Å²) >= 11 is 1.83. The molecule has 1 N–H and O–H groups in total. The first-order valence-corrected chi connectivity index (χ1v) is 12.4. The molecule has 2 aromatic heterocycles. The summed E-state index contributed by atoms with van der Waals surface area (Å²) in [5, 5.41) is 4.29. The molecule has 1 aliphatic rings. The van der Waals surface area contributed by atoms with Gasteiger partial charge in [0.2, 0.25) is 0 Å². The van der Waals surface area contributed by atoms with Gasteiger partial charge in [-0.3, -0.25) is 14.8 Å². The van der Waals surface area contributed by atoms with Crippen molar-refractivity contribution in [1.29, 1.82) is 0 Å². The van der Waals surface area contributed by atoms with Crippen LogP contribution >= 0.6 is 36.6 Å². The minimum Gasteiger partial charge on any atom is -0.355 e. The van der Waals surface area contributed by atoms with E-state index in [1.165, 1.54) is 17.2 Å². The number of amides is 1. The van der Waals surface area contributed by atoms with Crippen molar-refractivity contribution < 1.29 is 18.0 Å². The quantitative estimate of drug-likeness (QED) is 0.263. The smallest absolute Gasteiger partial charge is 0.355 e. The van der Waals surface area contributed by atoms with Crippen LogP contribution in [0.5, 0.6) is 0 Å². The molecule has 1 fully saturated rings. The summed E-state index contributed by atoms with van der Waals surface area (Å²) in [6.45, 7) is 1.43. The van der Waals surface area contributed by atoms with Crippen LogP contribution in [0.1, 0.15) is 28.8 Å². The van der Waals surface area contributed by atoms with E-state index in [4.69, 9.17) is 0 Å². The van der Waals surface area contributed by atoms with E-state index in [9.17, 15) is 18.0 Å². The molecule has 1 saturated heterocycles. The molecule has 200 valence electrons. The molecule has 5 rings (SSSR count). The Hall–Kier alpha value is -3.01. The number of halogens is 5. The Morgan fingerprint density at radius 2 is 1.61 bits per heavy atom. The average Bonchev–Trinajstić information content (AvgIpc) is 2.89. The number of piperidine rings is 1. The maximum Gasteiger partial charge on any atom is 0.416 e. The van der Waals surface area contributed by atoms with Crippen LogP contribution in [0.4, 0.5) is 24.5 Å². The lowest BCUT2D eigenvalue weighted by Gasteiger charge is -2.31. The monoisotopic (exact) mass is 580 g/mol. The second-order valence-corrected chi connectivity index (χ2v) is 9.96. The molecule has 11 heteroatoms. The van der Waals surface area contributed by atoms with E-state index in [1.807, 2.05) is 28.8 Å². The molecule has 0 atom stereocenters. The lowest BCUT2D eigenvalue weighted by molar-refractivity contribution is -0.137. The van der Waals surface area contributed by atoms with Gasteiger partial charge in [-0.25, -0.2) is 0 Å². The molecule has 0 unspecified atom stereocenters. The third-order valence-corrected chi connectivity index (χ3v) is 7.51. The van der Waals surface area contributed by atoms with Crippen LogP contribution in [0.15, 0.2) is 84.1 Å². The Morgan fingerprint density at radius 1 is 0.921 bits per heavy atom. The summed E-state index contributed by atoms with van der Waals surface area (Å²) in [6.07, 6.45) is 2.50. The minimum absolute atomic E-state index is 0. The highest BCUT2D eigenvalue weighted by molar-refractivity contribution is 8.00. The average molecular weight is 581 g/mol. The first-order valence-electron chi connectivity index (χ1n) is 11.6. The molecular formula is C27H25Cl2F3N4OS. The van der Waals surface area contributed by atoms with E-state index in [-0.39, 0.29) is 36.2 Å². The molecule has 0 saturated carbocycles. The summed E-state index contributed by atoms with van der Waals surface area (Å²) in [5.41, 5.74) is 1.50. The van der Waals surface area contributed by atoms with Crippen molar-refractivity contribution in [3.8, 4) is 0 Å². The van der Waals surface area contributed by atoms with Gasteiger partial charge in [0.05, 0.1) is 11.1 Å². The first kappa shape index (κ1) is 29.5. The number of carbonyl (C=O) groups is 1. The van der Waals surface area contributed by atoms with Crippen LogP contribution in [0.25, 0.3) is 10.9 Å². The Morgan fingerprint density at radius 3 is 2.26 bits per heavy atom. The van der Waals surface area contributed by atoms with Gasteiger partial charge in [0.15, 0.2) is 0 Å². The Balaban J connectivity index is 0.00000200. The largest absolute Gasteiger partial charge is 0.416 e. The highest BCUT2D eigenvalue weighted by Crippen LogP contribution is 2.34. The molecule has 1 aliphatic heterocycles. The fraction of sp³-hybridized carbons (Fsp3) is 0.222. The molecule has 2 aromatic carbocycles. The summed E-state index contributed by atoms with van der Waals surface area (Å²) in [6, 6.07) is 16.4. The van der Waals surface area contributed by atoms with E-state index in [0.717, 1.165) is 30.7 Å². The Kier molecular flexibility index (Phi) is 9.87. The van der Waals surface area contributed by atoms with Crippen molar-refractivity contribution in [3.63, 3.8) is 0 Å². The van der Waals surface area contributed by atoms with Crippen molar-refractivity contribution in [1.82, 2.24) is 14.9 Å². The topological polar surface area (TPSA) is 58.1 Å². The highest BCUT2D eigenvalue weighted by atomic mass is 35.5. The molecular weight excluding hydrogens is 556 g/mol. The fourth-order valence-electron chi connectivity index (χ4n) is 4.25. The van der Waals surface area contributed by atoms with Crippen molar-refractivity contribution in [2.75, 3.05) is 18.4 Å². The van der Waals surface area contributed by atoms with Crippen LogP contribution in [0.2, 0.25) is 0 Å². The lowest BCUT2D eigenvalue weighted by atomic mass is 10.1. The minimum atomic E-state index is -4.42. The summed E-state index contributed by atoms with van der Waals surface area (Å²) in [5.74, 6) is 0.00273. The number of hydrogen-bond acceptors (Lipinski definition) is 5. The second-order valence-electron chi connectivity index (χ2n) is 8.58. The Bertz CT molecular complexity index is 1370. The number of fused-ring (bicyclic) bond motifs is 1. The molecule has 5 nitrogen and oxygen atoms in total. The number of nitrogens with zero attached hydrogens (tertiary/aromatic N) is 3. The third-order valence-electron chi connectivity index (χ3n) is 6.16. The summed E-state index contributed by atoms with van der Waals surface area (Å²) in [4.78, 5) is 24.2. The number of aromatic nitrogens is 2. The van der Waals surface area contributed by atoms with Gasteiger partial charge in [-0.1, -0.05) is 6.07 Å². The number of nitrogens with one attached hydrogen (secondary N) is 1. The number of carbonyl (C=O) groups excluding carboxylic acids is 1. The number of rotatable bonds is 5. The third kappa shape index (κ3) is 6.89. The van der Waals surface area contributed by atoms with Crippen molar-refractivity contribution in [2.45, 2.75) is 29.2 Å². The molecule has 0 bridgehead atoms. The van der Waals surface area contributed by atoms with Crippen LogP contribution < -0.4 is 5.32 Å². The van der Waals surface area contributed by atoms with Gasteiger partial charge in [-0.05, 0) is 67.4 Å². The second kappa shape index (κ2) is 12.7. The number of alkyl halides is 3. The molecule has 38 heavy (non-hydrogen) atoms. The predicted molar refractivity (Wildman–Crippen MR) is 150 cm³/mol. The molecule has 0 spiro atoms. The maximum absolute atomic E-state index is 13.0. The SMILES string of the molecule is Cl.Cl.O=C(c1ccc(Nc2ccnc3cc(C(F)(F)F)ccc23)cc1)N1CCC(Sc2ccncc2)CC1. The van der Waals surface area contributed by atoms with Gasteiger partial charge in [0.1, 0.15) is 0 Å². The predicted octanol–water partition coefficient (Wildman–Crippen LogP) is 7.63. The van der Waals surface area contributed by atoms with E-state index >= 15 is 0 Å². The van der Waals surface area contributed by atoms with Gasteiger partial charge in [0.25, 0.3) is 5.91 Å². The van der Waals surface area contributed by atoms with Gasteiger partial charge >= 0.3 is 6.18 Å². The molecule has 1 amide bonds. The van der Waals surface area contributed by atoms with Crippen LogP contribution in [0.3, 0.4) is 0 Å². The van der Waals surface area contributed by atoms with E-state index in [1.54, 1.807) is 42.7 Å². The van der Waals surface area contributed by atoms with Gasteiger partial charge in [0, 0.05) is 64.1 Å². The van der Waals surface area contributed by atoms with Gasteiger partial charge in [-0.15, -0.1) is 36.6 Å². The number of likely N-dealkylation sites (tertiary alicyclic amines) is 1. The van der Waals surface area contributed by atoms with E-state index < -0.39 is 11.7 Å². The van der Waals surface area contributed by atoms with Crippen LogP contribution in [0, 0.1) is 0 Å². The van der Waals surface area contributed by atoms with Gasteiger partial charge < -0.3 is 10.2 Å². The fourth-order valence-corrected chi connectivity index (χ4v) is 5.36. The molecule has 0 radical (unpaired) electrons. The normalized spacial score (nSPS) is 13.9. The van der Waals surface area contributed by atoms with Crippen LogP contribution in [-0.4, -0.2) is 39.1 Å². The summed E-state index contributed by atoms with van der Waals surface area (Å²) < 4.78 is 39.1. The van der Waals surface area contributed by atoms with Crippen molar-refractivity contribution in [3.05, 3.63) is 90.4 Å². The zero-order chi connectivity index (χ0) is 25.1. The lowest BCUT2D eigenvalue weighted by Crippen LogP contribution is -2.39. The number of benzene rings is 2. The zero-order valence-corrected chi connectivity index (χ0v) is 22.5. The Labute approximate surface area is 235 Å². The first-order chi connectivity index (χ1) is 17.4. The maximum atomic E-state index is 13.0. The number of hydrogen-bond donors (Lipinski definition) is 1.